The molecule has 1 aromatic carbocycles. The fourth-order valence-electron chi connectivity index (χ4n) is 2.13. The van der Waals surface area contributed by atoms with Crippen LogP contribution in [-0.4, -0.2) is 36.3 Å². The molecule has 0 bridgehead atoms. The molecule has 0 aliphatic heterocycles. The van der Waals surface area contributed by atoms with Crippen molar-refractivity contribution in [1.82, 2.24) is 20.8 Å². The Balaban J connectivity index is 0.00000338. The van der Waals surface area contributed by atoms with Gasteiger partial charge >= 0.3 is 0 Å². The second-order valence-corrected chi connectivity index (χ2v) is 5.92. The van der Waals surface area contributed by atoms with E-state index in [0.717, 1.165) is 29.6 Å². The molecule has 26 heavy (non-hydrogen) atoms. The summed E-state index contributed by atoms with van der Waals surface area (Å²) >= 11 is 0. The first-order chi connectivity index (χ1) is 12.1. The summed E-state index contributed by atoms with van der Waals surface area (Å²) in [6.45, 7) is 8.19. The number of nitrogens with zero attached hydrogens (tertiary/aromatic N) is 3. The second kappa shape index (κ2) is 11.7. The Morgan fingerprint density at radius 2 is 1.96 bits per heavy atom. The average Bonchev–Trinajstić information content (AvgIpc) is 3.09. The van der Waals surface area contributed by atoms with Crippen molar-refractivity contribution >= 4 is 29.9 Å². The number of aliphatic imine (C=N–C) groups is 1. The van der Waals surface area contributed by atoms with Crippen molar-refractivity contribution in [2.75, 3.05) is 20.2 Å². The van der Waals surface area contributed by atoms with Gasteiger partial charge in [0.25, 0.3) is 0 Å². The fraction of sp³-hybridized carbons (Fsp3) is 0.500. The predicted molar refractivity (Wildman–Crippen MR) is 113 cm³/mol. The summed E-state index contributed by atoms with van der Waals surface area (Å²) in [5.41, 5.74) is 1.12. The first-order valence-electron chi connectivity index (χ1n) is 8.60. The first kappa shape index (κ1) is 22.2. The van der Waals surface area contributed by atoms with Crippen molar-refractivity contribution in [3.63, 3.8) is 0 Å². The molecule has 0 saturated carbocycles. The van der Waals surface area contributed by atoms with E-state index in [1.165, 1.54) is 0 Å². The summed E-state index contributed by atoms with van der Waals surface area (Å²) in [5, 5.41) is 10.5. The highest BCUT2D eigenvalue weighted by atomic mass is 127. The van der Waals surface area contributed by atoms with Crippen LogP contribution in [0.5, 0.6) is 5.75 Å². The molecule has 0 amide bonds. The number of benzene rings is 1. The predicted octanol–water partition coefficient (Wildman–Crippen LogP) is 3.12. The van der Waals surface area contributed by atoms with Crippen LogP contribution in [0, 0.1) is 0 Å². The van der Waals surface area contributed by atoms with Crippen molar-refractivity contribution in [3.05, 3.63) is 41.5 Å². The summed E-state index contributed by atoms with van der Waals surface area (Å²) in [5.74, 6) is 3.27. The normalized spacial score (nSPS) is 11.2. The van der Waals surface area contributed by atoms with Crippen LogP contribution >= 0.6 is 24.0 Å². The standard InChI is InChI=1S/C18H27N5O2.HI/c1-5-19-18(21-12-14-6-8-15(24-4)9-7-14)20-11-10-16-22-17(13(2)3)23-25-16;/h6-9,13H,5,10-12H2,1-4H3,(H2,19,20,21);1H. The zero-order valence-electron chi connectivity index (χ0n) is 15.8. The van der Waals surface area contributed by atoms with Crippen molar-refractivity contribution in [2.45, 2.75) is 39.7 Å². The molecule has 8 heteroatoms. The third kappa shape index (κ3) is 7.19. The highest BCUT2D eigenvalue weighted by molar-refractivity contribution is 14.0. The van der Waals surface area contributed by atoms with Crippen LogP contribution in [-0.2, 0) is 13.0 Å². The van der Waals surface area contributed by atoms with Crippen LogP contribution < -0.4 is 15.4 Å². The molecule has 0 unspecified atom stereocenters. The third-order valence-corrected chi connectivity index (χ3v) is 3.55. The van der Waals surface area contributed by atoms with Crippen LogP contribution in [0.3, 0.4) is 0 Å². The zero-order chi connectivity index (χ0) is 18.1. The molecule has 0 saturated heterocycles. The minimum Gasteiger partial charge on any atom is -0.497 e. The second-order valence-electron chi connectivity index (χ2n) is 5.92. The zero-order valence-corrected chi connectivity index (χ0v) is 18.1. The molecule has 2 aromatic rings. The molecule has 0 aliphatic rings. The monoisotopic (exact) mass is 473 g/mol. The van der Waals surface area contributed by atoms with Crippen molar-refractivity contribution in [1.29, 1.82) is 0 Å². The number of rotatable bonds is 8. The van der Waals surface area contributed by atoms with E-state index in [9.17, 15) is 0 Å². The van der Waals surface area contributed by atoms with E-state index in [2.05, 4.69) is 25.8 Å². The van der Waals surface area contributed by atoms with E-state index in [1.807, 2.05) is 45.0 Å². The maximum atomic E-state index is 5.25. The highest BCUT2D eigenvalue weighted by Crippen LogP contribution is 2.12. The summed E-state index contributed by atoms with van der Waals surface area (Å²) in [6.07, 6.45) is 0.659. The van der Waals surface area contributed by atoms with E-state index in [0.29, 0.717) is 25.4 Å². The Hall–Kier alpha value is -1.84. The van der Waals surface area contributed by atoms with Gasteiger partial charge in [-0.3, -0.25) is 0 Å². The molecule has 144 valence electrons. The number of ether oxygens (including phenoxy) is 1. The van der Waals surface area contributed by atoms with Crippen LogP contribution in [0.4, 0.5) is 0 Å². The topological polar surface area (TPSA) is 84.6 Å². The van der Waals surface area contributed by atoms with Gasteiger partial charge in [0.2, 0.25) is 5.89 Å². The fourth-order valence-corrected chi connectivity index (χ4v) is 2.13. The largest absolute Gasteiger partial charge is 0.497 e. The molecule has 1 aromatic heterocycles. The third-order valence-electron chi connectivity index (χ3n) is 3.55. The lowest BCUT2D eigenvalue weighted by atomic mass is 10.2. The van der Waals surface area contributed by atoms with Gasteiger partial charge in [-0.2, -0.15) is 4.98 Å². The van der Waals surface area contributed by atoms with Gasteiger partial charge in [-0.05, 0) is 24.6 Å². The van der Waals surface area contributed by atoms with Gasteiger partial charge in [0.1, 0.15) is 5.75 Å². The molecular weight excluding hydrogens is 445 g/mol. The van der Waals surface area contributed by atoms with Gasteiger partial charge < -0.3 is 19.9 Å². The quantitative estimate of drug-likeness (QED) is 0.348. The maximum absolute atomic E-state index is 5.25. The molecule has 2 rings (SSSR count). The van der Waals surface area contributed by atoms with Crippen molar-refractivity contribution in [2.24, 2.45) is 4.99 Å². The molecule has 7 nitrogen and oxygen atoms in total. The van der Waals surface area contributed by atoms with Gasteiger partial charge in [-0.1, -0.05) is 31.1 Å². The van der Waals surface area contributed by atoms with E-state index < -0.39 is 0 Å². The summed E-state index contributed by atoms with van der Waals surface area (Å²) < 4.78 is 10.4. The van der Waals surface area contributed by atoms with Gasteiger partial charge in [0.05, 0.1) is 13.7 Å². The minimum atomic E-state index is 0. The van der Waals surface area contributed by atoms with E-state index in [1.54, 1.807) is 7.11 Å². The molecular formula is C18H28IN5O2. The Labute approximate surface area is 172 Å². The van der Waals surface area contributed by atoms with Crippen LogP contribution in [0.25, 0.3) is 0 Å². The van der Waals surface area contributed by atoms with E-state index in [4.69, 9.17) is 9.26 Å². The molecule has 0 spiro atoms. The Bertz CT molecular complexity index is 670. The summed E-state index contributed by atoms with van der Waals surface area (Å²) in [4.78, 5) is 8.96. The average molecular weight is 473 g/mol. The van der Waals surface area contributed by atoms with E-state index in [-0.39, 0.29) is 29.9 Å². The smallest absolute Gasteiger partial charge is 0.228 e. The number of methoxy groups -OCH3 is 1. The van der Waals surface area contributed by atoms with Gasteiger partial charge in [-0.15, -0.1) is 24.0 Å². The number of hydrogen-bond acceptors (Lipinski definition) is 5. The van der Waals surface area contributed by atoms with Gasteiger partial charge in [-0.25, -0.2) is 4.99 Å². The van der Waals surface area contributed by atoms with Gasteiger partial charge in [0, 0.05) is 25.4 Å². The Kier molecular flexibility index (Phi) is 10.0. The van der Waals surface area contributed by atoms with E-state index >= 15 is 0 Å². The number of halogens is 1. The number of aromatic nitrogens is 2. The molecule has 1 heterocycles. The molecule has 2 N–H and O–H groups in total. The molecule has 0 radical (unpaired) electrons. The van der Waals surface area contributed by atoms with Crippen molar-refractivity contribution < 1.29 is 9.26 Å². The Morgan fingerprint density at radius 3 is 2.54 bits per heavy atom. The Morgan fingerprint density at radius 1 is 1.23 bits per heavy atom. The van der Waals surface area contributed by atoms with Crippen LogP contribution in [0.1, 0.15) is 44.0 Å². The van der Waals surface area contributed by atoms with Crippen LogP contribution in [0.15, 0.2) is 33.8 Å². The van der Waals surface area contributed by atoms with Crippen LogP contribution in [0.2, 0.25) is 0 Å². The summed E-state index contributed by atoms with van der Waals surface area (Å²) in [7, 11) is 1.66. The number of hydrogen-bond donors (Lipinski definition) is 2. The SMILES string of the molecule is CCNC(=NCc1ccc(OC)cc1)NCCc1nc(C(C)C)no1.I. The number of guanidine groups is 1. The minimum absolute atomic E-state index is 0. The lowest BCUT2D eigenvalue weighted by molar-refractivity contribution is 0.371. The maximum Gasteiger partial charge on any atom is 0.228 e. The molecule has 0 aliphatic carbocycles. The highest BCUT2D eigenvalue weighted by Gasteiger charge is 2.09. The lowest BCUT2D eigenvalue weighted by Crippen LogP contribution is -2.38. The summed E-state index contributed by atoms with van der Waals surface area (Å²) in [6, 6.07) is 7.90. The van der Waals surface area contributed by atoms with Gasteiger partial charge in [0.15, 0.2) is 11.8 Å². The molecule has 0 fully saturated rings. The first-order valence-corrected chi connectivity index (χ1v) is 8.60. The lowest BCUT2D eigenvalue weighted by Gasteiger charge is -2.10. The van der Waals surface area contributed by atoms with Crippen molar-refractivity contribution in [3.8, 4) is 5.75 Å². The molecule has 0 atom stereocenters. The number of nitrogens with one attached hydrogen (secondary N) is 2.